The van der Waals surface area contributed by atoms with Crippen molar-refractivity contribution in [1.29, 1.82) is 0 Å². The molecule has 0 heterocycles. The number of carbonyl (C=O) groups is 3. The van der Waals surface area contributed by atoms with E-state index in [9.17, 15) is 19.5 Å². The molecule has 2 amide bonds. The summed E-state index contributed by atoms with van der Waals surface area (Å²) in [5.74, 6) is -1.42. The fraction of sp³-hybridized carbons (Fsp3) is 0.250. The predicted octanol–water partition coefficient (Wildman–Crippen LogP) is 3.97. The van der Waals surface area contributed by atoms with Gasteiger partial charge in [0.05, 0.1) is 32.5 Å². The first-order chi connectivity index (χ1) is 18.2. The number of hydrogen-bond donors (Lipinski definition) is 3. The third-order valence-electron chi connectivity index (χ3n) is 5.97. The monoisotopic (exact) mass is 522 g/mol. The van der Waals surface area contributed by atoms with Crippen LogP contribution < -0.4 is 29.6 Å². The molecule has 0 aliphatic heterocycles. The summed E-state index contributed by atoms with van der Waals surface area (Å²) in [4.78, 5) is 37.4. The zero-order chi connectivity index (χ0) is 27.8. The average molecular weight is 523 g/mol. The van der Waals surface area contributed by atoms with E-state index in [1.165, 1.54) is 27.4 Å². The number of amides is 2. The van der Waals surface area contributed by atoms with E-state index in [1.807, 2.05) is 32.0 Å². The van der Waals surface area contributed by atoms with Crippen molar-refractivity contribution in [2.45, 2.75) is 20.4 Å². The molecule has 0 saturated heterocycles. The number of carboxylic acids is 1. The van der Waals surface area contributed by atoms with Gasteiger partial charge in [0.1, 0.15) is 5.75 Å². The third-order valence-corrected chi connectivity index (χ3v) is 5.97. The van der Waals surface area contributed by atoms with Gasteiger partial charge in [0.25, 0.3) is 11.8 Å². The quantitative estimate of drug-likeness (QED) is 0.345. The standard InChI is InChI=1S/C28H30N2O8/c1-16-9-8-11-21(17(16)2)30-27(32)18-10-6-7-12-22(18)38-15-24(31)29-14-20-19(28(33)34)13-23(35-3)26(37-5)25(20)36-4/h6-13H,14-15H2,1-5H3,(H,29,31)(H,30,32)(H,33,34). The number of aromatic carboxylic acids is 1. The van der Waals surface area contributed by atoms with Crippen LogP contribution in [0.2, 0.25) is 0 Å². The van der Waals surface area contributed by atoms with Gasteiger partial charge in [-0.05, 0) is 49.2 Å². The minimum Gasteiger partial charge on any atom is -0.493 e. The van der Waals surface area contributed by atoms with Gasteiger partial charge in [0.2, 0.25) is 5.75 Å². The van der Waals surface area contributed by atoms with Crippen LogP contribution in [0.5, 0.6) is 23.0 Å². The average Bonchev–Trinajstić information content (AvgIpc) is 2.92. The van der Waals surface area contributed by atoms with Gasteiger partial charge in [-0.3, -0.25) is 9.59 Å². The zero-order valence-electron chi connectivity index (χ0n) is 21.8. The molecular weight excluding hydrogens is 492 g/mol. The topological polar surface area (TPSA) is 132 Å². The summed E-state index contributed by atoms with van der Waals surface area (Å²) in [6, 6.07) is 13.5. The number of hydrogen-bond acceptors (Lipinski definition) is 7. The summed E-state index contributed by atoms with van der Waals surface area (Å²) in [6.07, 6.45) is 0. The van der Waals surface area contributed by atoms with Crippen LogP contribution in [0, 0.1) is 13.8 Å². The van der Waals surface area contributed by atoms with Gasteiger partial charge in [-0.1, -0.05) is 24.3 Å². The third kappa shape index (κ3) is 6.15. The molecule has 10 nitrogen and oxygen atoms in total. The van der Waals surface area contributed by atoms with Crippen molar-refractivity contribution >= 4 is 23.5 Å². The molecule has 0 atom stereocenters. The van der Waals surface area contributed by atoms with Crippen molar-refractivity contribution in [3.63, 3.8) is 0 Å². The molecule has 0 saturated carbocycles. The van der Waals surface area contributed by atoms with Crippen LogP contribution in [0.3, 0.4) is 0 Å². The Morgan fingerprint density at radius 1 is 0.842 bits per heavy atom. The highest BCUT2D eigenvalue weighted by atomic mass is 16.5. The largest absolute Gasteiger partial charge is 0.493 e. The van der Waals surface area contributed by atoms with Gasteiger partial charge in [0.15, 0.2) is 18.1 Å². The Bertz CT molecular complexity index is 1350. The van der Waals surface area contributed by atoms with E-state index in [2.05, 4.69) is 10.6 Å². The van der Waals surface area contributed by atoms with Gasteiger partial charge in [0, 0.05) is 17.8 Å². The van der Waals surface area contributed by atoms with Gasteiger partial charge < -0.3 is 34.7 Å². The number of nitrogens with one attached hydrogen (secondary N) is 2. The lowest BCUT2D eigenvalue weighted by Gasteiger charge is -2.18. The molecule has 38 heavy (non-hydrogen) atoms. The summed E-state index contributed by atoms with van der Waals surface area (Å²) in [7, 11) is 4.13. The molecule has 3 rings (SSSR count). The number of carbonyl (C=O) groups excluding carboxylic acids is 2. The highest BCUT2D eigenvalue weighted by molar-refractivity contribution is 6.06. The van der Waals surface area contributed by atoms with Crippen LogP contribution >= 0.6 is 0 Å². The maximum absolute atomic E-state index is 13.0. The van der Waals surface area contributed by atoms with Gasteiger partial charge in [-0.25, -0.2) is 4.79 Å². The number of rotatable bonds is 11. The number of methoxy groups -OCH3 is 3. The van der Waals surface area contributed by atoms with Crippen LogP contribution in [0.25, 0.3) is 0 Å². The van der Waals surface area contributed by atoms with Crippen molar-refractivity contribution in [2.24, 2.45) is 0 Å². The Kier molecular flexibility index (Phi) is 9.15. The van der Waals surface area contributed by atoms with Gasteiger partial charge in [-0.15, -0.1) is 0 Å². The fourth-order valence-corrected chi connectivity index (χ4v) is 3.82. The number of anilines is 1. The smallest absolute Gasteiger partial charge is 0.336 e. The van der Waals surface area contributed by atoms with E-state index in [-0.39, 0.29) is 52.1 Å². The summed E-state index contributed by atoms with van der Waals surface area (Å²) < 4.78 is 21.6. The Morgan fingerprint density at radius 3 is 2.21 bits per heavy atom. The van der Waals surface area contributed by atoms with Crippen molar-refractivity contribution in [3.05, 3.63) is 76.3 Å². The lowest BCUT2D eigenvalue weighted by atomic mass is 10.0. The highest BCUT2D eigenvalue weighted by Gasteiger charge is 2.24. The molecular formula is C28H30N2O8. The Hall–Kier alpha value is -4.73. The second-order valence-electron chi connectivity index (χ2n) is 8.24. The van der Waals surface area contributed by atoms with Crippen LogP contribution in [0.15, 0.2) is 48.5 Å². The first kappa shape index (κ1) is 27.9. The highest BCUT2D eigenvalue weighted by Crippen LogP contribution is 2.42. The first-order valence-corrected chi connectivity index (χ1v) is 11.6. The van der Waals surface area contributed by atoms with E-state index in [1.54, 1.807) is 24.3 Å². The molecule has 0 fully saturated rings. The maximum atomic E-state index is 13.0. The maximum Gasteiger partial charge on any atom is 0.336 e. The van der Waals surface area contributed by atoms with E-state index in [0.29, 0.717) is 5.69 Å². The molecule has 0 aliphatic rings. The lowest BCUT2D eigenvalue weighted by Crippen LogP contribution is -2.29. The Labute approximate surface area is 220 Å². The van der Waals surface area contributed by atoms with Crippen LogP contribution in [0.4, 0.5) is 5.69 Å². The molecule has 3 N–H and O–H groups in total. The molecule has 0 radical (unpaired) electrons. The molecule has 3 aromatic carbocycles. The molecule has 0 aromatic heterocycles. The van der Waals surface area contributed by atoms with Crippen molar-refractivity contribution in [3.8, 4) is 23.0 Å². The molecule has 10 heteroatoms. The van der Waals surface area contributed by atoms with E-state index in [0.717, 1.165) is 11.1 Å². The number of carboxylic acid groups (broad SMARTS) is 1. The summed E-state index contributed by atoms with van der Waals surface area (Å²) in [5.41, 5.74) is 3.01. The molecule has 0 unspecified atom stereocenters. The van der Waals surface area contributed by atoms with Gasteiger partial charge in [-0.2, -0.15) is 0 Å². The molecule has 0 bridgehead atoms. The first-order valence-electron chi connectivity index (χ1n) is 11.6. The van der Waals surface area contributed by atoms with E-state index in [4.69, 9.17) is 18.9 Å². The van der Waals surface area contributed by atoms with Crippen LogP contribution in [0.1, 0.15) is 37.4 Å². The summed E-state index contributed by atoms with van der Waals surface area (Å²) >= 11 is 0. The lowest BCUT2D eigenvalue weighted by molar-refractivity contribution is -0.123. The van der Waals surface area contributed by atoms with Crippen molar-refractivity contribution in [1.82, 2.24) is 5.32 Å². The minimum atomic E-state index is -1.23. The number of para-hydroxylation sites is 1. The molecule has 200 valence electrons. The normalized spacial score (nSPS) is 10.3. The molecule has 0 aliphatic carbocycles. The SMILES string of the molecule is COc1cc(C(=O)O)c(CNC(=O)COc2ccccc2C(=O)Nc2cccc(C)c2C)c(OC)c1OC. The summed E-state index contributed by atoms with van der Waals surface area (Å²) in [6.45, 7) is 3.28. The van der Waals surface area contributed by atoms with Gasteiger partial charge >= 0.3 is 5.97 Å². The summed E-state index contributed by atoms with van der Waals surface area (Å²) in [5, 5.41) is 15.2. The second kappa shape index (κ2) is 12.5. The minimum absolute atomic E-state index is 0.117. The molecule has 0 spiro atoms. The second-order valence-corrected chi connectivity index (χ2v) is 8.24. The predicted molar refractivity (Wildman–Crippen MR) is 141 cm³/mol. The Morgan fingerprint density at radius 2 is 1.55 bits per heavy atom. The Balaban J connectivity index is 1.73. The molecule has 3 aromatic rings. The van der Waals surface area contributed by atoms with Crippen molar-refractivity contribution in [2.75, 3.05) is 33.3 Å². The zero-order valence-corrected chi connectivity index (χ0v) is 21.8. The van der Waals surface area contributed by atoms with Crippen molar-refractivity contribution < 1.29 is 38.4 Å². The van der Waals surface area contributed by atoms with E-state index < -0.39 is 18.5 Å². The van der Waals surface area contributed by atoms with E-state index >= 15 is 0 Å². The van der Waals surface area contributed by atoms with Crippen LogP contribution in [-0.4, -0.2) is 50.8 Å². The number of aryl methyl sites for hydroxylation is 1. The number of benzene rings is 3. The fourth-order valence-electron chi connectivity index (χ4n) is 3.82. The number of ether oxygens (including phenoxy) is 4. The van der Waals surface area contributed by atoms with Crippen LogP contribution in [-0.2, 0) is 11.3 Å².